The van der Waals surface area contributed by atoms with Gasteiger partial charge in [0.15, 0.2) is 6.10 Å². The molecule has 5 rings (SSSR count). The summed E-state index contributed by atoms with van der Waals surface area (Å²) in [5.74, 6) is -0.331. The van der Waals surface area contributed by atoms with Crippen LogP contribution in [0.1, 0.15) is 43.1 Å². The first-order valence-electron chi connectivity index (χ1n) is 11.8. The molecule has 1 aliphatic rings. The number of nitrogens with zero attached hydrogens (tertiary/aromatic N) is 1. The summed E-state index contributed by atoms with van der Waals surface area (Å²) in [6.45, 7) is 5.36. The van der Waals surface area contributed by atoms with Gasteiger partial charge in [0.1, 0.15) is 5.75 Å². The van der Waals surface area contributed by atoms with Crippen molar-refractivity contribution < 1.29 is 23.8 Å². The fourth-order valence-electron chi connectivity index (χ4n) is 5.07. The van der Waals surface area contributed by atoms with Crippen LogP contribution in [0.15, 0.2) is 54.7 Å². The number of fused-ring (bicyclic) bond motifs is 1. The normalized spacial score (nSPS) is 14.2. The van der Waals surface area contributed by atoms with Crippen molar-refractivity contribution in [3.63, 3.8) is 0 Å². The first kappa shape index (κ1) is 23.2. The highest BCUT2D eigenvalue weighted by Gasteiger charge is 2.34. The van der Waals surface area contributed by atoms with Gasteiger partial charge in [0, 0.05) is 35.6 Å². The van der Waals surface area contributed by atoms with Gasteiger partial charge in [-0.2, -0.15) is 0 Å². The minimum Gasteiger partial charge on any atom is -0.493 e. The van der Waals surface area contributed by atoms with E-state index in [9.17, 15) is 14.3 Å². The fourth-order valence-corrected chi connectivity index (χ4v) is 5.07. The average molecular weight is 474 g/mol. The molecule has 0 spiro atoms. The molecule has 3 aromatic carbocycles. The Morgan fingerprint density at radius 3 is 2.80 bits per heavy atom. The SMILES string of the molecule is Cc1cc2ccccc2c(-c2ccc3c4c(ccnc24)CCO3)c1C(OC(C)(C)CCF)C(=O)O. The summed E-state index contributed by atoms with van der Waals surface area (Å²) in [6.07, 6.45) is 1.40. The summed E-state index contributed by atoms with van der Waals surface area (Å²) >= 11 is 0. The Balaban J connectivity index is 1.85. The summed E-state index contributed by atoms with van der Waals surface area (Å²) < 4.78 is 25.3. The van der Waals surface area contributed by atoms with Crippen molar-refractivity contribution in [2.45, 2.75) is 45.3 Å². The number of halogens is 1. The van der Waals surface area contributed by atoms with E-state index in [1.807, 2.05) is 55.5 Å². The average Bonchev–Trinajstić information content (AvgIpc) is 2.83. The zero-order chi connectivity index (χ0) is 24.7. The third kappa shape index (κ3) is 4.12. The lowest BCUT2D eigenvalue weighted by Crippen LogP contribution is -2.31. The molecule has 1 N–H and O–H groups in total. The molecule has 180 valence electrons. The number of hydrogen-bond donors (Lipinski definition) is 1. The molecule has 1 atom stereocenters. The van der Waals surface area contributed by atoms with Gasteiger partial charge < -0.3 is 14.6 Å². The third-order valence-corrected chi connectivity index (χ3v) is 6.75. The predicted molar refractivity (Wildman–Crippen MR) is 135 cm³/mol. The van der Waals surface area contributed by atoms with E-state index in [0.29, 0.717) is 12.2 Å². The number of carbonyl (C=O) groups is 1. The Bertz CT molecular complexity index is 1440. The number of hydrogen-bond acceptors (Lipinski definition) is 4. The Hall–Kier alpha value is -3.51. The molecule has 0 amide bonds. The molecule has 0 saturated carbocycles. The first-order valence-corrected chi connectivity index (χ1v) is 11.8. The standard InChI is InChI=1S/C29H28FNO4/c1-17-16-19-6-4-5-7-20(19)25(23(17)27(28(32)33)35-29(2,3)12-13-30)21-8-9-22-24-18(11-15-34-22)10-14-31-26(21)24/h4-10,14,16,27H,11-13,15H2,1-3H3,(H,32,33). The first-order chi connectivity index (χ1) is 16.8. The number of alkyl halides is 1. The molecule has 2 heterocycles. The summed E-state index contributed by atoms with van der Waals surface area (Å²) in [5, 5.41) is 13.2. The van der Waals surface area contributed by atoms with Crippen LogP contribution in [0, 0.1) is 6.92 Å². The minimum atomic E-state index is -1.28. The molecule has 0 fully saturated rings. The largest absolute Gasteiger partial charge is 0.493 e. The van der Waals surface area contributed by atoms with Gasteiger partial charge in [0.05, 0.1) is 24.4 Å². The molecule has 0 bridgehead atoms. The van der Waals surface area contributed by atoms with E-state index in [4.69, 9.17) is 14.5 Å². The fraction of sp³-hybridized carbons (Fsp3) is 0.310. The smallest absolute Gasteiger partial charge is 0.337 e. The Kier molecular flexibility index (Phi) is 5.93. The molecular weight excluding hydrogens is 445 g/mol. The van der Waals surface area contributed by atoms with Gasteiger partial charge in [0.25, 0.3) is 0 Å². The van der Waals surface area contributed by atoms with Gasteiger partial charge in [-0.1, -0.05) is 30.3 Å². The van der Waals surface area contributed by atoms with Crippen LogP contribution in [0.2, 0.25) is 0 Å². The van der Waals surface area contributed by atoms with E-state index in [1.54, 1.807) is 20.0 Å². The van der Waals surface area contributed by atoms with Crippen LogP contribution in [0.5, 0.6) is 5.75 Å². The van der Waals surface area contributed by atoms with Gasteiger partial charge in [-0.3, -0.25) is 9.37 Å². The molecule has 0 saturated heterocycles. The van der Waals surface area contributed by atoms with E-state index in [2.05, 4.69) is 0 Å². The van der Waals surface area contributed by atoms with Crippen LogP contribution in [0.3, 0.4) is 0 Å². The van der Waals surface area contributed by atoms with Crippen LogP contribution in [0.25, 0.3) is 32.8 Å². The van der Waals surface area contributed by atoms with Crippen molar-refractivity contribution >= 4 is 27.6 Å². The number of ether oxygens (including phenoxy) is 2. The number of carboxylic acids is 1. The van der Waals surface area contributed by atoms with Crippen LogP contribution in [0.4, 0.5) is 4.39 Å². The molecule has 6 heteroatoms. The number of aliphatic carboxylic acids is 1. The number of aryl methyl sites for hydroxylation is 1. The quantitative estimate of drug-likeness (QED) is 0.328. The second-order valence-corrected chi connectivity index (χ2v) is 9.64. The zero-order valence-electron chi connectivity index (χ0n) is 20.1. The second-order valence-electron chi connectivity index (χ2n) is 9.64. The van der Waals surface area contributed by atoms with E-state index < -0.39 is 24.3 Å². The maximum absolute atomic E-state index is 13.2. The summed E-state index contributed by atoms with van der Waals surface area (Å²) in [4.78, 5) is 17.4. The van der Waals surface area contributed by atoms with E-state index in [0.717, 1.165) is 56.1 Å². The second kappa shape index (κ2) is 8.93. The van der Waals surface area contributed by atoms with E-state index in [-0.39, 0.29) is 6.42 Å². The molecule has 5 nitrogen and oxygen atoms in total. The van der Waals surface area contributed by atoms with Crippen molar-refractivity contribution in [3.8, 4) is 16.9 Å². The van der Waals surface area contributed by atoms with Crippen molar-refractivity contribution in [2.24, 2.45) is 0 Å². The van der Waals surface area contributed by atoms with Gasteiger partial charge in [-0.05, 0) is 66.4 Å². The molecular formula is C29H28FNO4. The number of benzene rings is 3. The monoisotopic (exact) mass is 473 g/mol. The Morgan fingerprint density at radius 1 is 1.23 bits per heavy atom. The van der Waals surface area contributed by atoms with Crippen molar-refractivity contribution in [1.82, 2.24) is 4.98 Å². The number of carboxylic acid groups (broad SMARTS) is 1. The summed E-state index contributed by atoms with van der Waals surface area (Å²) in [5.41, 5.74) is 3.91. The zero-order valence-corrected chi connectivity index (χ0v) is 20.1. The van der Waals surface area contributed by atoms with Crippen LogP contribution in [-0.4, -0.2) is 34.9 Å². The molecule has 0 radical (unpaired) electrons. The van der Waals surface area contributed by atoms with Gasteiger partial charge in [-0.15, -0.1) is 0 Å². The topological polar surface area (TPSA) is 68.7 Å². The molecule has 1 aliphatic heterocycles. The molecule has 1 unspecified atom stereocenters. The highest BCUT2D eigenvalue weighted by Crippen LogP contribution is 2.45. The molecule has 4 aromatic rings. The van der Waals surface area contributed by atoms with Crippen molar-refractivity contribution in [3.05, 3.63) is 71.4 Å². The predicted octanol–water partition coefficient (Wildman–Crippen LogP) is 6.58. The highest BCUT2D eigenvalue weighted by molar-refractivity contribution is 6.08. The summed E-state index contributed by atoms with van der Waals surface area (Å²) in [7, 11) is 0. The van der Waals surface area contributed by atoms with Crippen molar-refractivity contribution in [2.75, 3.05) is 13.3 Å². The van der Waals surface area contributed by atoms with Crippen LogP contribution < -0.4 is 4.74 Å². The number of rotatable bonds is 7. The van der Waals surface area contributed by atoms with E-state index >= 15 is 0 Å². The van der Waals surface area contributed by atoms with Crippen LogP contribution in [-0.2, 0) is 16.0 Å². The van der Waals surface area contributed by atoms with Gasteiger partial charge in [0.2, 0.25) is 0 Å². The Labute approximate surface area is 203 Å². The lowest BCUT2D eigenvalue weighted by atomic mass is 9.85. The van der Waals surface area contributed by atoms with Crippen molar-refractivity contribution in [1.29, 1.82) is 0 Å². The number of aromatic nitrogens is 1. The maximum atomic E-state index is 13.2. The minimum absolute atomic E-state index is 0.0959. The van der Waals surface area contributed by atoms with Crippen LogP contribution >= 0.6 is 0 Å². The van der Waals surface area contributed by atoms with Gasteiger partial charge in [-0.25, -0.2) is 4.79 Å². The lowest BCUT2D eigenvalue weighted by Gasteiger charge is -2.31. The van der Waals surface area contributed by atoms with Gasteiger partial charge >= 0.3 is 5.97 Å². The molecule has 35 heavy (non-hydrogen) atoms. The molecule has 1 aromatic heterocycles. The molecule has 0 aliphatic carbocycles. The highest BCUT2D eigenvalue weighted by atomic mass is 19.1. The third-order valence-electron chi connectivity index (χ3n) is 6.75. The Morgan fingerprint density at radius 2 is 2.03 bits per heavy atom. The summed E-state index contributed by atoms with van der Waals surface area (Å²) in [6, 6.07) is 15.8. The lowest BCUT2D eigenvalue weighted by molar-refractivity contribution is -0.163. The number of pyridine rings is 1. The maximum Gasteiger partial charge on any atom is 0.337 e. The van der Waals surface area contributed by atoms with E-state index in [1.165, 1.54) is 0 Å².